The zero-order chi connectivity index (χ0) is 25.5. The number of nitrogens with zero attached hydrogens (tertiary/aromatic N) is 2. The maximum Gasteiger partial charge on any atom is 0.338 e. The van der Waals surface area contributed by atoms with Crippen molar-refractivity contribution in [3.63, 3.8) is 0 Å². The number of benzene rings is 2. The van der Waals surface area contributed by atoms with Gasteiger partial charge in [0.25, 0.3) is 5.56 Å². The Labute approximate surface area is 213 Å². The van der Waals surface area contributed by atoms with Crippen molar-refractivity contribution in [2.24, 2.45) is 0 Å². The average Bonchev–Trinajstić information content (AvgIpc) is 2.89. The predicted octanol–water partition coefficient (Wildman–Crippen LogP) is 3.24. The summed E-state index contributed by atoms with van der Waals surface area (Å²) >= 11 is 1.17. The van der Waals surface area contributed by atoms with Gasteiger partial charge < -0.3 is 19.8 Å². The Morgan fingerprint density at radius 3 is 2.69 bits per heavy atom. The molecule has 1 aliphatic rings. The number of aromatic amines is 1. The number of ether oxygens (including phenoxy) is 2. The summed E-state index contributed by atoms with van der Waals surface area (Å²) in [4.78, 5) is 46.5. The van der Waals surface area contributed by atoms with Crippen LogP contribution in [0.15, 0.2) is 58.5 Å². The molecule has 1 amide bonds. The quantitative estimate of drug-likeness (QED) is 0.257. The number of para-hydroxylation sites is 1. The predicted molar refractivity (Wildman–Crippen MR) is 137 cm³/mol. The van der Waals surface area contributed by atoms with Gasteiger partial charge in [-0.1, -0.05) is 30.0 Å². The highest BCUT2D eigenvalue weighted by Gasteiger charge is 2.22. The molecule has 0 spiro atoms. The van der Waals surface area contributed by atoms with Gasteiger partial charge in [-0.25, -0.2) is 9.78 Å². The van der Waals surface area contributed by atoms with Crippen molar-refractivity contribution in [2.45, 2.75) is 31.6 Å². The molecular weight excluding hydrogens is 480 g/mol. The molecule has 0 saturated carbocycles. The number of thioether (sulfide) groups is 1. The minimum atomic E-state index is -0.406. The average molecular weight is 509 g/mol. The van der Waals surface area contributed by atoms with E-state index in [4.69, 9.17) is 9.47 Å². The molecule has 4 rings (SSSR count). The normalized spacial score (nSPS) is 13.1. The number of methoxy groups -OCH3 is 1. The maximum atomic E-state index is 12.8. The molecule has 9 nitrogen and oxygen atoms in total. The summed E-state index contributed by atoms with van der Waals surface area (Å²) in [5, 5.41) is 3.20. The lowest BCUT2D eigenvalue weighted by molar-refractivity contribution is -0.113. The van der Waals surface area contributed by atoms with Crippen LogP contribution in [0.3, 0.4) is 0 Å². The van der Waals surface area contributed by atoms with E-state index in [1.807, 2.05) is 24.3 Å². The van der Waals surface area contributed by atoms with Gasteiger partial charge in [-0.3, -0.25) is 14.5 Å². The SMILES string of the molecule is CCOC(=O)c1ccc(NC(=O)CSc2nc3c(c(=O)[nH]2)CN(Cc2ccccc2OC)CC3)cc1. The number of amides is 1. The van der Waals surface area contributed by atoms with E-state index in [9.17, 15) is 14.4 Å². The number of H-pyrrole nitrogens is 1. The zero-order valence-electron chi connectivity index (χ0n) is 20.2. The van der Waals surface area contributed by atoms with Crippen LogP contribution < -0.4 is 15.6 Å². The van der Waals surface area contributed by atoms with Gasteiger partial charge in [-0.2, -0.15) is 0 Å². The smallest absolute Gasteiger partial charge is 0.338 e. The second-order valence-corrected chi connectivity index (χ2v) is 9.17. The largest absolute Gasteiger partial charge is 0.496 e. The number of carbonyl (C=O) groups is 2. The molecule has 0 atom stereocenters. The van der Waals surface area contributed by atoms with Gasteiger partial charge in [0.1, 0.15) is 5.75 Å². The molecule has 0 radical (unpaired) electrons. The summed E-state index contributed by atoms with van der Waals surface area (Å²) in [6, 6.07) is 14.3. The van der Waals surface area contributed by atoms with Crippen LogP contribution in [0.5, 0.6) is 5.75 Å². The van der Waals surface area contributed by atoms with E-state index in [0.717, 1.165) is 23.6 Å². The highest BCUT2D eigenvalue weighted by molar-refractivity contribution is 7.99. The first-order valence-corrected chi connectivity index (χ1v) is 12.6. The summed E-state index contributed by atoms with van der Waals surface area (Å²) in [5.41, 5.74) is 3.31. The van der Waals surface area contributed by atoms with Gasteiger partial charge in [-0.05, 0) is 37.3 Å². The van der Waals surface area contributed by atoms with Gasteiger partial charge in [-0.15, -0.1) is 0 Å². The van der Waals surface area contributed by atoms with Gasteiger partial charge in [0.2, 0.25) is 5.91 Å². The van der Waals surface area contributed by atoms with Gasteiger partial charge >= 0.3 is 5.97 Å². The van der Waals surface area contributed by atoms with E-state index < -0.39 is 5.97 Å². The summed E-state index contributed by atoms with van der Waals surface area (Å²) in [6.07, 6.45) is 0.654. The van der Waals surface area contributed by atoms with E-state index in [0.29, 0.717) is 48.1 Å². The first-order valence-electron chi connectivity index (χ1n) is 11.6. The molecule has 2 N–H and O–H groups in total. The third-order valence-electron chi connectivity index (χ3n) is 5.73. The minimum absolute atomic E-state index is 0.0846. The van der Waals surface area contributed by atoms with Crippen molar-refractivity contribution in [2.75, 3.05) is 31.3 Å². The van der Waals surface area contributed by atoms with E-state index >= 15 is 0 Å². The van der Waals surface area contributed by atoms with Crippen molar-refractivity contribution in [1.29, 1.82) is 0 Å². The monoisotopic (exact) mass is 508 g/mol. The number of nitrogens with one attached hydrogen (secondary N) is 2. The molecule has 0 saturated heterocycles. The summed E-state index contributed by atoms with van der Waals surface area (Å²) < 4.78 is 10.4. The van der Waals surface area contributed by atoms with Gasteiger partial charge in [0, 0.05) is 37.3 Å². The zero-order valence-corrected chi connectivity index (χ0v) is 21.0. The van der Waals surface area contributed by atoms with Crippen molar-refractivity contribution in [3.8, 4) is 5.75 Å². The second kappa shape index (κ2) is 11.9. The minimum Gasteiger partial charge on any atom is -0.496 e. The lowest BCUT2D eigenvalue weighted by Gasteiger charge is -2.28. The molecule has 3 aromatic rings. The van der Waals surface area contributed by atoms with Crippen LogP contribution in [0.4, 0.5) is 5.69 Å². The number of rotatable bonds is 9. The van der Waals surface area contributed by atoms with Crippen LogP contribution in [0.25, 0.3) is 0 Å². The number of carbonyl (C=O) groups excluding carboxylic acids is 2. The summed E-state index contributed by atoms with van der Waals surface area (Å²) in [7, 11) is 1.65. The van der Waals surface area contributed by atoms with Crippen molar-refractivity contribution in [1.82, 2.24) is 14.9 Å². The Bertz CT molecular complexity index is 1290. The highest BCUT2D eigenvalue weighted by atomic mass is 32.2. The van der Waals surface area contributed by atoms with Crippen LogP contribution >= 0.6 is 11.8 Å². The molecule has 0 bridgehead atoms. The van der Waals surface area contributed by atoms with Crippen LogP contribution in [-0.4, -0.2) is 52.8 Å². The molecule has 1 aromatic heterocycles. The number of anilines is 1. The third-order valence-corrected chi connectivity index (χ3v) is 6.61. The third kappa shape index (κ3) is 6.32. The molecule has 2 heterocycles. The molecule has 2 aromatic carbocycles. The molecule has 0 aliphatic carbocycles. The van der Waals surface area contributed by atoms with Crippen LogP contribution in [0.2, 0.25) is 0 Å². The van der Waals surface area contributed by atoms with Gasteiger partial charge in [0.15, 0.2) is 5.16 Å². The maximum absolute atomic E-state index is 12.8. The fraction of sp³-hybridized carbons (Fsp3) is 0.308. The number of fused-ring (bicyclic) bond motifs is 1. The van der Waals surface area contributed by atoms with E-state index in [1.54, 1.807) is 38.3 Å². The lowest BCUT2D eigenvalue weighted by Crippen LogP contribution is -2.35. The molecular formula is C26H28N4O5S. The van der Waals surface area contributed by atoms with Crippen molar-refractivity contribution in [3.05, 3.63) is 81.3 Å². The molecule has 1 aliphatic heterocycles. The first-order chi connectivity index (χ1) is 17.5. The Hall–Kier alpha value is -3.63. The van der Waals surface area contributed by atoms with Crippen LogP contribution in [0.1, 0.15) is 34.1 Å². The van der Waals surface area contributed by atoms with Crippen LogP contribution in [-0.2, 0) is 29.0 Å². The standard InChI is InChI=1S/C26H28N4O5S/c1-3-35-25(33)17-8-10-19(11-9-17)27-23(31)16-36-26-28-21-12-13-30(15-20(21)24(32)29-26)14-18-6-4-5-7-22(18)34-2/h4-11H,3,12-16H2,1-2H3,(H,27,31)(H,28,29,32). The Morgan fingerprint density at radius 1 is 1.17 bits per heavy atom. The summed E-state index contributed by atoms with van der Waals surface area (Å²) in [5.74, 6) is 0.264. The molecule has 36 heavy (non-hydrogen) atoms. The molecule has 10 heteroatoms. The topological polar surface area (TPSA) is 114 Å². The highest BCUT2D eigenvalue weighted by Crippen LogP contribution is 2.23. The van der Waals surface area contributed by atoms with Crippen molar-refractivity contribution >= 4 is 29.3 Å². The number of esters is 1. The Balaban J connectivity index is 1.33. The van der Waals surface area contributed by atoms with E-state index in [2.05, 4.69) is 20.2 Å². The Kier molecular flexibility index (Phi) is 8.40. The first kappa shape index (κ1) is 25.5. The van der Waals surface area contributed by atoms with Crippen molar-refractivity contribution < 1.29 is 19.1 Å². The fourth-order valence-electron chi connectivity index (χ4n) is 3.97. The molecule has 188 valence electrons. The Morgan fingerprint density at radius 2 is 1.94 bits per heavy atom. The van der Waals surface area contributed by atoms with Gasteiger partial charge in [0.05, 0.1) is 36.3 Å². The van der Waals surface area contributed by atoms with E-state index in [-0.39, 0.29) is 17.2 Å². The number of hydrogen-bond acceptors (Lipinski definition) is 8. The number of aromatic nitrogens is 2. The second-order valence-electron chi connectivity index (χ2n) is 8.20. The van der Waals surface area contributed by atoms with E-state index in [1.165, 1.54) is 11.8 Å². The fourth-order valence-corrected chi connectivity index (χ4v) is 4.65. The number of hydrogen-bond donors (Lipinski definition) is 2. The molecule has 0 fully saturated rings. The lowest BCUT2D eigenvalue weighted by atomic mass is 10.1. The summed E-state index contributed by atoms with van der Waals surface area (Å²) in [6.45, 7) is 4.00. The van der Waals surface area contributed by atoms with Crippen LogP contribution in [0, 0.1) is 0 Å². The molecule has 0 unspecified atom stereocenters.